The van der Waals surface area contributed by atoms with Crippen molar-refractivity contribution in [3.63, 3.8) is 0 Å². The van der Waals surface area contributed by atoms with Crippen LogP contribution in [0.1, 0.15) is 54.0 Å². The third-order valence-electron chi connectivity index (χ3n) is 5.22. The Kier molecular flexibility index (Phi) is 9.87. The summed E-state index contributed by atoms with van der Waals surface area (Å²) in [6, 6.07) is 10.5. The summed E-state index contributed by atoms with van der Waals surface area (Å²) in [6.07, 6.45) is 0. The molecule has 0 spiro atoms. The summed E-state index contributed by atoms with van der Waals surface area (Å²) in [5.74, 6) is 5.80. The van der Waals surface area contributed by atoms with Gasteiger partial charge in [-0.3, -0.25) is 4.79 Å². The molecule has 3 N–H and O–H groups in total. The molecule has 0 unspecified atom stereocenters. The molecule has 0 fully saturated rings. The molecule has 2 aromatic rings. The van der Waals surface area contributed by atoms with Gasteiger partial charge in [0.25, 0.3) is 5.91 Å². The number of benzene rings is 2. The zero-order valence-corrected chi connectivity index (χ0v) is 23.6. The van der Waals surface area contributed by atoms with Gasteiger partial charge in [-0.15, -0.1) is 0 Å². The van der Waals surface area contributed by atoms with Crippen LogP contribution in [0.2, 0.25) is 0 Å². The van der Waals surface area contributed by atoms with E-state index < -0.39 is 17.5 Å². The normalized spacial score (nSPS) is 12.6. The third kappa shape index (κ3) is 8.50. The van der Waals surface area contributed by atoms with Crippen LogP contribution in [0.25, 0.3) is 0 Å². The van der Waals surface area contributed by atoms with Crippen LogP contribution in [0.4, 0.5) is 11.4 Å². The van der Waals surface area contributed by atoms with Crippen LogP contribution in [-0.2, 0) is 19.7 Å². The van der Waals surface area contributed by atoms with Crippen molar-refractivity contribution in [2.45, 2.75) is 59.5 Å². The number of rotatable bonds is 9. The highest BCUT2D eigenvalue weighted by atomic mass is 16.6. The van der Waals surface area contributed by atoms with Gasteiger partial charge in [0.1, 0.15) is 28.5 Å². The Balaban J connectivity index is 2.37. The van der Waals surface area contributed by atoms with E-state index in [4.69, 9.17) is 24.8 Å². The van der Waals surface area contributed by atoms with Crippen molar-refractivity contribution in [1.82, 2.24) is 0 Å². The van der Waals surface area contributed by atoms with Crippen LogP contribution >= 0.6 is 0 Å². The highest BCUT2D eigenvalue weighted by Crippen LogP contribution is 2.33. The number of nitrogens with two attached hydrogens (primary N) is 1. The summed E-state index contributed by atoms with van der Waals surface area (Å²) in [7, 11) is 3.05. The smallest absolute Gasteiger partial charge is 0.344 e. The van der Waals surface area contributed by atoms with Crippen LogP contribution in [0.5, 0.6) is 17.2 Å². The van der Waals surface area contributed by atoms with Gasteiger partial charge < -0.3 is 30.1 Å². The standard InChI is InChI=1S/C28H38N4O6/c1-17(30-21-15-19(35-8)11-13-22(21)36-9)25(32-29)26(34)31-20-14-18(27(2,3)4)10-12-23(20)37-16-24(33)38-28(5,6)7/h10-15H,16,29H2,1-9H3,(H,31,34)/b30-17?,32-25+. The van der Waals surface area contributed by atoms with Crippen LogP contribution in [0.15, 0.2) is 46.5 Å². The highest BCUT2D eigenvalue weighted by Gasteiger charge is 2.22. The second-order valence-electron chi connectivity index (χ2n) is 10.5. The summed E-state index contributed by atoms with van der Waals surface area (Å²) < 4.78 is 21.7. The molecular formula is C28H38N4O6. The SMILES string of the molecule is COc1ccc(OC)c(N=C(C)/C(=N\N)C(=O)Nc2cc(C(C)(C)C)ccc2OCC(=O)OC(C)(C)C)c1. The number of nitrogens with one attached hydrogen (secondary N) is 1. The molecule has 0 bridgehead atoms. The molecule has 0 saturated carbocycles. The van der Waals surface area contributed by atoms with Crippen molar-refractivity contribution in [3.8, 4) is 17.2 Å². The average molecular weight is 527 g/mol. The lowest BCUT2D eigenvalue weighted by Crippen LogP contribution is -2.30. The zero-order valence-electron chi connectivity index (χ0n) is 23.6. The molecule has 1 amide bonds. The van der Waals surface area contributed by atoms with Gasteiger partial charge in [-0.25, -0.2) is 9.79 Å². The summed E-state index contributed by atoms with van der Waals surface area (Å²) in [5, 5.41) is 6.48. The van der Waals surface area contributed by atoms with Gasteiger partial charge >= 0.3 is 5.97 Å². The quantitative estimate of drug-likeness (QED) is 0.208. The summed E-state index contributed by atoms with van der Waals surface area (Å²) in [6.45, 7) is 12.7. The molecule has 0 atom stereocenters. The van der Waals surface area contributed by atoms with Gasteiger partial charge in [0.15, 0.2) is 12.3 Å². The summed E-state index contributed by atoms with van der Waals surface area (Å²) in [5.41, 5.74) is 1.01. The van der Waals surface area contributed by atoms with Gasteiger partial charge in [-0.2, -0.15) is 5.10 Å². The van der Waals surface area contributed by atoms with E-state index in [0.717, 1.165) is 5.56 Å². The van der Waals surface area contributed by atoms with E-state index in [9.17, 15) is 9.59 Å². The van der Waals surface area contributed by atoms with Crippen molar-refractivity contribution in [3.05, 3.63) is 42.0 Å². The maximum Gasteiger partial charge on any atom is 0.344 e. The second-order valence-corrected chi connectivity index (χ2v) is 10.5. The number of ether oxygens (including phenoxy) is 4. The molecule has 0 aliphatic carbocycles. The van der Waals surface area contributed by atoms with Crippen molar-refractivity contribution in [2.24, 2.45) is 15.9 Å². The fourth-order valence-electron chi connectivity index (χ4n) is 3.34. The lowest BCUT2D eigenvalue weighted by Gasteiger charge is -2.22. The Bertz CT molecular complexity index is 1220. The van der Waals surface area contributed by atoms with E-state index in [1.165, 1.54) is 14.2 Å². The number of hydrogen-bond donors (Lipinski definition) is 2. The Morgan fingerprint density at radius 1 is 0.947 bits per heavy atom. The predicted octanol–water partition coefficient (Wildman–Crippen LogP) is 4.77. The topological polar surface area (TPSA) is 134 Å². The molecule has 0 heterocycles. The highest BCUT2D eigenvalue weighted by molar-refractivity contribution is 6.68. The maximum absolute atomic E-state index is 13.3. The van der Waals surface area contributed by atoms with Crippen LogP contribution in [0.3, 0.4) is 0 Å². The van der Waals surface area contributed by atoms with Crippen molar-refractivity contribution < 1.29 is 28.5 Å². The van der Waals surface area contributed by atoms with Gasteiger partial charge in [-0.05, 0) is 62.9 Å². The van der Waals surface area contributed by atoms with Gasteiger partial charge in [-0.1, -0.05) is 26.8 Å². The number of amides is 1. The minimum Gasteiger partial charge on any atom is -0.497 e. The third-order valence-corrected chi connectivity index (χ3v) is 5.22. The number of hydrazone groups is 1. The molecular weight excluding hydrogens is 488 g/mol. The Labute approximate surface area is 224 Å². The first-order valence-corrected chi connectivity index (χ1v) is 12.0. The molecule has 0 radical (unpaired) electrons. The van der Waals surface area contributed by atoms with Crippen LogP contribution in [-0.4, -0.2) is 49.7 Å². The lowest BCUT2D eigenvalue weighted by atomic mass is 9.87. The van der Waals surface area contributed by atoms with Crippen molar-refractivity contribution >= 4 is 34.7 Å². The zero-order chi connectivity index (χ0) is 28.7. The fourth-order valence-corrected chi connectivity index (χ4v) is 3.34. The number of methoxy groups -OCH3 is 2. The molecule has 2 aromatic carbocycles. The number of anilines is 1. The number of carbonyl (C=O) groups excluding carboxylic acids is 2. The Morgan fingerprint density at radius 3 is 2.16 bits per heavy atom. The van der Waals surface area contributed by atoms with Crippen molar-refractivity contribution in [2.75, 3.05) is 26.1 Å². The first kappa shape index (κ1) is 30.1. The minimum atomic E-state index is -0.650. The van der Waals surface area contributed by atoms with E-state index in [1.54, 1.807) is 58.0 Å². The number of esters is 1. The molecule has 206 valence electrons. The van der Waals surface area contributed by atoms with E-state index in [1.807, 2.05) is 26.8 Å². The minimum absolute atomic E-state index is 0.103. The number of hydrogen-bond acceptors (Lipinski definition) is 9. The molecule has 2 rings (SSSR count). The summed E-state index contributed by atoms with van der Waals surface area (Å²) in [4.78, 5) is 30.0. The average Bonchev–Trinajstić information content (AvgIpc) is 2.81. The molecule has 10 nitrogen and oxygen atoms in total. The molecule has 0 aliphatic rings. The largest absolute Gasteiger partial charge is 0.497 e. The fraction of sp³-hybridized carbons (Fsp3) is 0.429. The van der Waals surface area contributed by atoms with Gasteiger partial charge in [0, 0.05) is 6.07 Å². The van der Waals surface area contributed by atoms with Crippen molar-refractivity contribution in [1.29, 1.82) is 0 Å². The van der Waals surface area contributed by atoms with E-state index in [2.05, 4.69) is 15.4 Å². The van der Waals surface area contributed by atoms with Gasteiger partial charge in [0.05, 0.1) is 25.6 Å². The maximum atomic E-state index is 13.3. The Morgan fingerprint density at radius 2 is 1.61 bits per heavy atom. The molecule has 0 aromatic heterocycles. The van der Waals surface area contributed by atoms with Crippen LogP contribution in [0, 0.1) is 0 Å². The number of nitrogens with zero attached hydrogens (tertiary/aromatic N) is 2. The van der Waals surface area contributed by atoms with E-state index in [0.29, 0.717) is 22.9 Å². The molecule has 38 heavy (non-hydrogen) atoms. The van der Waals surface area contributed by atoms with Gasteiger partial charge in [0.2, 0.25) is 0 Å². The number of carbonyl (C=O) groups is 2. The first-order valence-electron chi connectivity index (χ1n) is 12.0. The van der Waals surface area contributed by atoms with E-state index >= 15 is 0 Å². The molecule has 10 heteroatoms. The first-order chi connectivity index (χ1) is 17.7. The molecule has 0 aliphatic heterocycles. The predicted molar refractivity (Wildman–Crippen MR) is 149 cm³/mol. The van der Waals surface area contributed by atoms with Crippen LogP contribution < -0.4 is 25.4 Å². The number of aliphatic imine (C=N–C) groups is 1. The van der Waals surface area contributed by atoms with E-state index in [-0.39, 0.29) is 29.2 Å². The molecule has 0 saturated heterocycles. The Hall–Kier alpha value is -4.08. The second kappa shape index (κ2) is 12.4. The lowest BCUT2D eigenvalue weighted by molar-refractivity contribution is -0.157. The summed E-state index contributed by atoms with van der Waals surface area (Å²) >= 11 is 0. The monoisotopic (exact) mass is 526 g/mol.